The summed E-state index contributed by atoms with van der Waals surface area (Å²) in [6.07, 6.45) is 5.58. The minimum absolute atomic E-state index is 0.267. The zero-order valence-electron chi connectivity index (χ0n) is 13.3. The smallest absolute Gasteiger partial charge is 0.299 e. The molecule has 0 aromatic heterocycles. The summed E-state index contributed by atoms with van der Waals surface area (Å²) in [5.41, 5.74) is 0. The van der Waals surface area contributed by atoms with E-state index in [1.807, 2.05) is 0 Å². The number of fused-ring (bicyclic) bond motifs is 1. The molecule has 0 aromatic rings. The maximum absolute atomic E-state index is 14.7. The van der Waals surface area contributed by atoms with Crippen LogP contribution in [-0.2, 0) is 24.8 Å². The van der Waals surface area contributed by atoms with Crippen molar-refractivity contribution in [3.63, 3.8) is 0 Å². The molecular formula is C13H23FN2O5S2. The molecule has 1 heterocycles. The van der Waals surface area contributed by atoms with E-state index < -0.39 is 31.0 Å². The van der Waals surface area contributed by atoms with Crippen LogP contribution in [0.25, 0.3) is 0 Å². The Morgan fingerprint density at radius 2 is 1.70 bits per heavy atom. The SMILES string of the molecule is CC(F)(C(=O)N1CCC2CCCCC2C1)S(=O)(=O)NS(C)(=O)=O. The van der Waals surface area contributed by atoms with Crippen molar-refractivity contribution < 1.29 is 26.0 Å². The number of carbonyl (C=O) groups excluding carboxylic acids is 1. The molecule has 2 fully saturated rings. The van der Waals surface area contributed by atoms with Crippen molar-refractivity contribution in [2.75, 3.05) is 19.3 Å². The van der Waals surface area contributed by atoms with Gasteiger partial charge in [-0.2, -0.15) is 0 Å². The summed E-state index contributed by atoms with van der Waals surface area (Å²) in [5, 5.41) is -3.32. The summed E-state index contributed by atoms with van der Waals surface area (Å²) in [4.78, 5) is 13.6. The molecule has 3 atom stereocenters. The van der Waals surface area contributed by atoms with E-state index in [-0.39, 0.29) is 5.92 Å². The molecule has 1 saturated carbocycles. The van der Waals surface area contributed by atoms with E-state index in [1.54, 1.807) is 0 Å². The van der Waals surface area contributed by atoms with E-state index in [4.69, 9.17) is 0 Å². The third-order valence-corrected chi connectivity index (χ3v) is 8.00. The van der Waals surface area contributed by atoms with Gasteiger partial charge in [0.15, 0.2) is 0 Å². The number of sulfonamides is 2. The predicted octanol–water partition coefficient (Wildman–Crippen LogP) is 0.590. The molecule has 23 heavy (non-hydrogen) atoms. The molecule has 3 unspecified atom stereocenters. The Labute approximate surface area is 136 Å². The minimum atomic E-state index is -4.99. The van der Waals surface area contributed by atoms with Crippen LogP contribution >= 0.6 is 0 Å². The molecule has 0 bridgehead atoms. The Balaban J connectivity index is 2.15. The molecule has 1 saturated heterocycles. The second kappa shape index (κ2) is 6.29. The van der Waals surface area contributed by atoms with Crippen molar-refractivity contribution in [3.8, 4) is 0 Å². The fourth-order valence-electron chi connectivity index (χ4n) is 3.46. The summed E-state index contributed by atoms with van der Waals surface area (Å²) in [7, 11) is -9.19. The highest BCUT2D eigenvalue weighted by Gasteiger charge is 2.51. The Kier molecular flexibility index (Phi) is 5.08. The Morgan fingerprint density at radius 3 is 2.26 bits per heavy atom. The quantitative estimate of drug-likeness (QED) is 0.781. The Hall–Kier alpha value is -0.740. The standard InChI is InChI=1S/C13H23FN2O5S2/c1-13(14,23(20,21)15-22(2,18)19)12(17)16-8-7-10-5-3-4-6-11(10)9-16/h10-11,15H,3-9H2,1-2H3. The molecule has 134 valence electrons. The largest absolute Gasteiger partial charge is 0.339 e. The monoisotopic (exact) mass is 370 g/mol. The van der Waals surface area contributed by atoms with Gasteiger partial charge in [-0.25, -0.2) is 21.2 Å². The van der Waals surface area contributed by atoms with Gasteiger partial charge >= 0.3 is 0 Å². The number of hydrogen-bond donors (Lipinski definition) is 1. The highest BCUT2D eigenvalue weighted by molar-refractivity contribution is 8.05. The van der Waals surface area contributed by atoms with Gasteiger partial charge in [-0.05, 0) is 31.6 Å². The van der Waals surface area contributed by atoms with Gasteiger partial charge in [-0.1, -0.05) is 19.3 Å². The average molecular weight is 370 g/mol. The van der Waals surface area contributed by atoms with Crippen LogP contribution in [0.4, 0.5) is 4.39 Å². The lowest BCUT2D eigenvalue weighted by atomic mass is 9.75. The van der Waals surface area contributed by atoms with Gasteiger partial charge in [0.25, 0.3) is 20.9 Å². The first kappa shape index (κ1) is 18.6. The van der Waals surface area contributed by atoms with Crippen molar-refractivity contribution in [1.29, 1.82) is 0 Å². The van der Waals surface area contributed by atoms with E-state index >= 15 is 0 Å². The van der Waals surface area contributed by atoms with Gasteiger partial charge in [-0.3, -0.25) is 4.79 Å². The fraction of sp³-hybridized carbons (Fsp3) is 0.923. The number of carbonyl (C=O) groups is 1. The number of nitrogens with zero attached hydrogens (tertiary/aromatic N) is 1. The molecule has 0 aromatic carbocycles. The van der Waals surface area contributed by atoms with Crippen molar-refractivity contribution in [2.45, 2.75) is 44.0 Å². The van der Waals surface area contributed by atoms with Crippen molar-refractivity contribution >= 4 is 26.0 Å². The summed E-state index contributed by atoms with van der Waals surface area (Å²) in [6, 6.07) is 0. The van der Waals surface area contributed by atoms with E-state index in [0.29, 0.717) is 32.2 Å². The summed E-state index contributed by atoms with van der Waals surface area (Å²) in [5.74, 6) is -0.426. The number of amides is 1. The summed E-state index contributed by atoms with van der Waals surface area (Å²) < 4.78 is 62.0. The molecule has 0 spiro atoms. The molecule has 1 amide bonds. The number of piperidine rings is 1. The van der Waals surface area contributed by atoms with Crippen LogP contribution in [-0.4, -0.2) is 52.0 Å². The number of likely N-dealkylation sites (tertiary alicyclic amines) is 1. The molecule has 0 radical (unpaired) electrons. The second-order valence-electron chi connectivity index (χ2n) is 6.62. The van der Waals surface area contributed by atoms with Crippen LogP contribution in [0.1, 0.15) is 39.0 Å². The van der Waals surface area contributed by atoms with E-state index in [0.717, 1.165) is 32.1 Å². The Morgan fingerprint density at radius 1 is 1.13 bits per heavy atom. The molecular weight excluding hydrogens is 347 g/mol. The van der Waals surface area contributed by atoms with Gasteiger partial charge in [0.2, 0.25) is 10.0 Å². The zero-order chi connectivity index (χ0) is 17.5. The van der Waals surface area contributed by atoms with E-state index in [2.05, 4.69) is 0 Å². The predicted molar refractivity (Wildman–Crippen MR) is 83.1 cm³/mol. The molecule has 1 N–H and O–H groups in total. The number of halogens is 1. The number of alkyl halides is 1. The molecule has 1 aliphatic heterocycles. The minimum Gasteiger partial charge on any atom is -0.339 e. The molecule has 10 heteroatoms. The van der Waals surface area contributed by atoms with Crippen LogP contribution in [0.15, 0.2) is 0 Å². The maximum atomic E-state index is 14.7. The third-order valence-electron chi connectivity index (χ3n) is 4.73. The van der Waals surface area contributed by atoms with Crippen LogP contribution in [0.5, 0.6) is 0 Å². The number of rotatable bonds is 4. The second-order valence-corrected chi connectivity index (χ2v) is 10.6. The van der Waals surface area contributed by atoms with Gasteiger partial charge in [0.1, 0.15) is 0 Å². The van der Waals surface area contributed by atoms with Gasteiger partial charge < -0.3 is 4.90 Å². The van der Waals surface area contributed by atoms with Crippen LogP contribution in [0, 0.1) is 11.8 Å². The lowest BCUT2D eigenvalue weighted by Gasteiger charge is -2.42. The first-order valence-electron chi connectivity index (χ1n) is 7.65. The van der Waals surface area contributed by atoms with Crippen LogP contribution in [0.3, 0.4) is 0 Å². The van der Waals surface area contributed by atoms with Crippen molar-refractivity contribution in [3.05, 3.63) is 0 Å². The van der Waals surface area contributed by atoms with Crippen LogP contribution in [0.2, 0.25) is 0 Å². The molecule has 2 aliphatic rings. The highest BCUT2D eigenvalue weighted by Crippen LogP contribution is 2.37. The molecule has 7 nitrogen and oxygen atoms in total. The fourth-order valence-corrected chi connectivity index (χ4v) is 6.04. The zero-order valence-corrected chi connectivity index (χ0v) is 14.9. The third kappa shape index (κ3) is 4.03. The van der Waals surface area contributed by atoms with E-state index in [9.17, 15) is 26.0 Å². The first-order chi connectivity index (χ1) is 10.4. The van der Waals surface area contributed by atoms with Crippen LogP contribution < -0.4 is 4.13 Å². The first-order valence-corrected chi connectivity index (χ1v) is 11.0. The van der Waals surface area contributed by atoms with Crippen molar-refractivity contribution in [2.24, 2.45) is 11.8 Å². The van der Waals surface area contributed by atoms with Crippen molar-refractivity contribution in [1.82, 2.24) is 9.03 Å². The van der Waals surface area contributed by atoms with Gasteiger partial charge in [-0.15, -0.1) is 4.13 Å². The lowest BCUT2D eigenvalue weighted by Crippen LogP contribution is -2.56. The molecule has 1 aliphatic carbocycles. The van der Waals surface area contributed by atoms with Gasteiger partial charge in [0.05, 0.1) is 6.26 Å². The highest BCUT2D eigenvalue weighted by atomic mass is 32.3. The maximum Gasteiger partial charge on any atom is 0.299 e. The van der Waals surface area contributed by atoms with Gasteiger partial charge in [0, 0.05) is 13.1 Å². The Bertz CT molecular complexity index is 674. The summed E-state index contributed by atoms with van der Waals surface area (Å²) >= 11 is 0. The van der Waals surface area contributed by atoms with E-state index in [1.165, 1.54) is 9.03 Å². The summed E-state index contributed by atoms with van der Waals surface area (Å²) in [6.45, 7) is 1.22. The topological polar surface area (TPSA) is 101 Å². The number of nitrogens with one attached hydrogen (secondary N) is 1. The lowest BCUT2D eigenvalue weighted by molar-refractivity contribution is -0.141. The molecule has 2 rings (SSSR count). The average Bonchev–Trinajstić information content (AvgIpc) is 2.43. The number of hydrogen-bond acceptors (Lipinski definition) is 5. The normalized spacial score (nSPS) is 28.7.